The minimum Gasteiger partial charge on any atom is -0.457 e. The van der Waals surface area contributed by atoms with Crippen molar-refractivity contribution in [3.63, 3.8) is 0 Å². The van der Waals surface area contributed by atoms with Gasteiger partial charge in [-0.25, -0.2) is 4.79 Å². The summed E-state index contributed by atoms with van der Waals surface area (Å²) in [5.74, 6) is -0.663. The van der Waals surface area contributed by atoms with Crippen molar-refractivity contribution in [1.82, 2.24) is 9.13 Å². The maximum atomic E-state index is 12.8. The van der Waals surface area contributed by atoms with Crippen molar-refractivity contribution in [2.45, 2.75) is 11.6 Å². The van der Waals surface area contributed by atoms with Crippen molar-refractivity contribution >= 4 is 29.9 Å². The fraction of sp³-hybridized carbons (Fsp3) is 0.150. The Morgan fingerprint density at radius 3 is 2.26 bits per heavy atom. The molecular formula is C20H18N2O3S2. The number of hydrogen-bond acceptors (Lipinski definition) is 5. The first-order valence-electron chi connectivity index (χ1n) is 8.21. The number of esters is 1. The lowest BCUT2D eigenvalue weighted by Crippen LogP contribution is -2.31. The van der Waals surface area contributed by atoms with Gasteiger partial charge >= 0.3 is 5.97 Å². The van der Waals surface area contributed by atoms with Gasteiger partial charge < -0.3 is 4.74 Å². The largest absolute Gasteiger partial charge is 0.457 e. The highest BCUT2D eigenvalue weighted by Crippen LogP contribution is 2.23. The topological polar surface area (TPSA) is 53.2 Å². The van der Waals surface area contributed by atoms with Crippen LogP contribution in [0.4, 0.5) is 0 Å². The standard InChI is InChI=1S/C20H18N2O3S2/c1-21-17(23)16(19(24)25-13-14-9-5-3-6-10-14)18(27-2)22(20(21)26)15-11-7-4-8-12-15/h3-12H,13H2,1-2H3. The maximum Gasteiger partial charge on any atom is 0.346 e. The Labute approximate surface area is 166 Å². The van der Waals surface area contributed by atoms with Crippen LogP contribution in [0.25, 0.3) is 5.69 Å². The molecule has 27 heavy (non-hydrogen) atoms. The van der Waals surface area contributed by atoms with E-state index in [-0.39, 0.29) is 12.2 Å². The Kier molecular flexibility index (Phi) is 5.93. The highest BCUT2D eigenvalue weighted by molar-refractivity contribution is 7.98. The first-order valence-corrected chi connectivity index (χ1v) is 9.84. The number of aromatic nitrogens is 2. The third kappa shape index (κ3) is 3.89. The van der Waals surface area contributed by atoms with Crippen LogP contribution < -0.4 is 5.56 Å². The summed E-state index contributed by atoms with van der Waals surface area (Å²) in [5, 5.41) is 0.465. The van der Waals surface area contributed by atoms with Gasteiger partial charge in [-0.3, -0.25) is 13.9 Å². The Hall–Kier alpha value is -2.64. The van der Waals surface area contributed by atoms with Gasteiger partial charge in [0, 0.05) is 12.7 Å². The Morgan fingerprint density at radius 1 is 1.07 bits per heavy atom. The molecular weight excluding hydrogens is 380 g/mol. The molecule has 0 spiro atoms. The van der Waals surface area contributed by atoms with E-state index in [9.17, 15) is 9.59 Å². The summed E-state index contributed by atoms with van der Waals surface area (Å²) in [5.41, 5.74) is 1.15. The van der Waals surface area contributed by atoms with Gasteiger partial charge in [-0.15, -0.1) is 11.8 Å². The molecule has 0 aliphatic carbocycles. The van der Waals surface area contributed by atoms with Crippen LogP contribution in [0.5, 0.6) is 0 Å². The lowest BCUT2D eigenvalue weighted by molar-refractivity contribution is 0.0463. The molecule has 0 aliphatic rings. The molecule has 7 heteroatoms. The van der Waals surface area contributed by atoms with E-state index in [0.717, 1.165) is 11.3 Å². The second-order valence-electron chi connectivity index (χ2n) is 5.76. The van der Waals surface area contributed by atoms with Gasteiger partial charge in [-0.2, -0.15) is 0 Å². The molecule has 2 aromatic carbocycles. The van der Waals surface area contributed by atoms with Crippen LogP contribution in [0.3, 0.4) is 0 Å². The zero-order valence-corrected chi connectivity index (χ0v) is 16.5. The summed E-state index contributed by atoms with van der Waals surface area (Å²) in [6.45, 7) is 0.0949. The molecule has 1 heterocycles. The lowest BCUT2D eigenvalue weighted by Gasteiger charge is -2.17. The number of rotatable bonds is 5. The van der Waals surface area contributed by atoms with Crippen molar-refractivity contribution < 1.29 is 9.53 Å². The van der Waals surface area contributed by atoms with Crippen molar-refractivity contribution in [2.75, 3.05) is 6.26 Å². The van der Waals surface area contributed by atoms with E-state index in [1.54, 1.807) is 17.9 Å². The fourth-order valence-electron chi connectivity index (χ4n) is 2.66. The van der Waals surface area contributed by atoms with Crippen molar-refractivity contribution in [3.8, 4) is 5.69 Å². The molecule has 0 atom stereocenters. The Balaban J connectivity index is 2.09. The number of carbonyl (C=O) groups is 1. The molecule has 5 nitrogen and oxygen atoms in total. The number of ether oxygens (including phenoxy) is 1. The van der Waals surface area contributed by atoms with Crippen molar-refractivity contribution in [1.29, 1.82) is 0 Å². The molecule has 0 radical (unpaired) electrons. The SMILES string of the molecule is CSc1c(C(=O)OCc2ccccc2)c(=O)n(C)c(=S)n1-c1ccccc1. The van der Waals surface area contributed by atoms with E-state index >= 15 is 0 Å². The number of hydrogen-bond donors (Lipinski definition) is 0. The molecule has 3 aromatic rings. The lowest BCUT2D eigenvalue weighted by atomic mass is 10.2. The number of carbonyl (C=O) groups excluding carboxylic acids is 1. The van der Waals surface area contributed by atoms with Gasteiger partial charge in [0.15, 0.2) is 10.3 Å². The molecule has 138 valence electrons. The van der Waals surface area contributed by atoms with Crippen LogP contribution in [0.1, 0.15) is 15.9 Å². The molecule has 0 unspecified atom stereocenters. The molecule has 0 saturated heterocycles. The average Bonchev–Trinajstić information content (AvgIpc) is 2.71. The number of para-hydroxylation sites is 1. The van der Waals surface area contributed by atoms with Crippen LogP contribution in [0, 0.1) is 4.77 Å². The normalized spacial score (nSPS) is 10.6. The second-order valence-corrected chi connectivity index (χ2v) is 6.92. The van der Waals surface area contributed by atoms with Gasteiger partial charge in [0.2, 0.25) is 0 Å². The number of benzene rings is 2. The summed E-state index contributed by atoms with van der Waals surface area (Å²) < 4.78 is 8.74. The van der Waals surface area contributed by atoms with Crippen LogP contribution in [0.2, 0.25) is 0 Å². The second kappa shape index (κ2) is 8.37. The van der Waals surface area contributed by atoms with Crippen molar-refractivity contribution in [2.24, 2.45) is 7.05 Å². The highest BCUT2D eigenvalue weighted by atomic mass is 32.2. The van der Waals surface area contributed by atoms with E-state index < -0.39 is 11.5 Å². The highest BCUT2D eigenvalue weighted by Gasteiger charge is 2.23. The minimum absolute atomic E-state index is 0.0154. The van der Waals surface area contributed by atoms with Crippen molar-refractivity contribution in [3.05, 3.63) is 86.9 Å². The zero-order valence-electron chi connectivity index (χ0n) is 14.9. The number of nitrogens with zero attached hydrogens (tertiary/aromatic N) is 2. The van der Waals surface area contributed by atoms with E-state index in [1.165, 1.54) is 16.3 Å². The third-order valence-corrected chi connectivity index (χ3v) is 5.27. The van der Waals surface area contributed by atoms with E-state index in [0.29, 0.717) is 9.80 Å². The Morgan fingerprint density at radius 2 is 1.67 bits per heavy atom. The van der Waals surface area contributed by atoms with Crippen LogP contribution >= 0.6 is 24.0 Å². The van der Waals surface area contributed by atoms with Gasteiger partial charge in [0.05, 0.1) is 0 Å². The average molecular weight is 399 g/mol. The van der Waals surface area contributed by atoms with Crippen LogP contribution in [0.15, 0.2) is 70.5 Å². The van der Waals surface area contributed by atoms with Crippen LogP contribution in [-0.2, 0) is 18.4 Å². The summed E-state index contributed by atoms with van der Waals surface area (Å²) >= 11 is 6.75. The molecule has 0 fully saturated rings. The van der Waals surface area contributed by atoms with Gasteiger partial charge in [0.25, 0.3) is 5.56 Å². The fourth-order valence-corrected chi connectivity index (χ4v) is 3.75. The van der Waals surface area contributed by atoms with Gasteiger partial charge in [-0.05, 0) is 36.2 Å². The third-order valence-electron chi connectivity index (χ3n) is 4.04. The first-order chi connectivity index (χ1) is 13.0. The van der Waals surface area contributed by atoms with E-state index in [2.05, 4.69) is 0 Å². The molecule has 0 N–H and O–H groups in total. The monoisotopic (exact) mass is 398 g/mol. The smallest absolute Gasteiger partial charge is 0.346 e. The zero-order chi connectivity index (χ0) is 19.4. The minimum atomic E-state index is -0.663. The van der Waals surface area contributed by atoms with Crippen LogP contribution in [-0.4, -0.2) is 21.4 Å². The molecule has 0 saturated carbocycles. The number of thioether (sulfide) groups is 1. The summed E-state index contributed by atoms with van der Waals surface area (Å²) in [7, 11) is 1.56. The Bertz CT molecular complexity index is 1070. The van der Waals surface area contributed by atoms with Gasteiger partial charge in [-0.1, -0.05) is 48.5 Å². The molecule has 0 aliphatic heterocycles. The first kappa shape index (κ1) is 19.1. The van der Waals surface area contributed by atoms with E-state index in [1.807, 2.05) is 60.7 Å². The molecule has 0 amide bonds. The summed E-state index contributed by atoms with van der Waals surface area (Å²) in [4.78, 5) is 25.5. The molecule has 3 rings (SSSR count). The molecule has 1 aromatic heterocycles. The quantitative estimate of drug-likeness (QED) is 0.282. The predicted molar refractivity (Wildman–Crippen MR) is 109 cm³/mol. The predicted octanol–water partition coefficient (Wildman–Crippen LogP) is 3.98. The van der Waals surface area contributed by atoms with Gasteiger partial charge in [0.1, 0.15) is 11.6 Å². The molecule has 0 bridgehead atoms. The van der Waals surface area contributed by atoms with E-state index in [4.69, 9.17) is 17.0 Å². The maximum absolute atomic E-state index is 12.8. The summed E-state index contributed by atoms with van der Waals surface area (Å²) in [6, 6.07) is 18.7. The summed E-state index contributed by atoms with van der Waals surface area (Å²) in [6.07, 6.45) is 1.80.